The predicted molar refractivity (Wildman–Crippen MR) is 504 cm³/mol. The highest BCUT2D eigenvalue weighted by Gasteiger charge is 2.29. The number of likely N-dealkylation sites (tertiary alicyclic amines) is 3. The molecule has 3 aliphatic rings. The van der Waals surface area contributed by atoms with Crippen LogP contribution in [0.4, 0.5) is 0 Å². The molecule has 0 spiro atoms. The quantitative estimate of drug-likeness (QED) is 0.0354. The molecule has 0 radical (unpaired) electrons. The number of hydrogen-bond acceptors (Lipinski definition) is 19. The van der Waals surface area contributed by atoms with E-state index in [1.807, 2.05) is 60.7 Å². The summed E-state index contributed by atoms with van der Waals surface area (Å²) in [5.41, 5.74) is 2.03. The van der Waals surface area contributed by atoms with Crippen LogP contribution in [0.15, 0.2) is 60.7 Å². The maximum Gasteiger partial charge on any atom is 0.309 e. The minimum Gasteiger partial charge on any atom is -0.481 e. The van der Waals surface area contributed by atoms with Crippen molar-refractivity contribution in [1.82, 2.24) is 14.7 Å². The Hall–Kier alpha value is -6.45. The first kappa shape index (κ1) is 114. The molecule has 21 heteroatoms. The third-order valence-corrected chi connectivity index (χ3v) is 25.5. The van der Waals surface area contributed by atoms with Gasteiger partial charge in [-0.05, 0) is 218 Å². The van der Waals surface area contributed by atoms with Gasteiger partial charge in [-0.1, -0.05) is 293 Å². The van der Waals surface area contributed by atoms with Crippen LogP contribution in [0.3, 0.4) is 0 Å². The number of esters is 7. The van der Waals surface area contributed by atoms with Crippen LogP contribution in [0.5, 0.6) is 0 Å². The van der Waals surface area contributed by atoms with Crippen LogP contribution in [-0.4, -0.2) is 172 Å². The first-order valence-electron chi connectivity index (χ1n) is 51.0. The summed E-state index contributed by atoms with van der Waals surface area (Å²) in [5, 5.41) is 17.4. The summed E-state index contributed by atoms with van der Waals surface area (Å²) in [5.74, 6) is -0.537. The molecule has 0 unspecified atom stereocenters. The van der Waals surface area contributed by atoms with Gasteiger partial charge in [-0.25, -0.2) is 0 Å². The van der Waals surface area contributed by atoms with E-state index < -0.39 is 11.9 Å². The lowest BCUT2D eigenvalue weighted by Gasteiger charge is -2.28. The molecular formula is C105H179N3O18. The van der Waals surface area contributed by atoms with Gasteiger partial charge >= 0.3 is 53.7 Å². The SMILES string of the molecule is CCCCCCCCOC(=O)CCCCCCCC(CCCCCCCC(=O)OCCCCCCCC)COC(=O)C1CCN(C)CC1.CN1CCC(C(=O)OCC(CCCCCCCC(=O)O)CCCCCCCC(=O)O)CC1.CN1CCC(C(=O)OCC(CCCCCCCC(=O)OCc2ccccc2)CCCCCCCC(=O)OCc2ccccc2)CC1. The van der Waals surface area contributed by atoms with Crippen molar-refractivity contribution in [2.45, 2.75) is 412 Å². The molecule has 2 N–H and O–H groups in total. The average molecular weight is 1770 g/mol. The fourth-order valence-corrected chi connectivity index (χ4v) is 16.9. The minimum atomic E-state index is -0.723. The van der Waals surface area contributed by atoms with Crippen LogP contribution in [0.2, 0.25) is 0 Å². The van der Waals surface area contributed by atoms with E-state index >= 15 is 0 Å². The van der Waals surface area contributed by atoms with Gasteiger partial charge in [0.05, 0.1) is 50.8 Å². The van der Waals surface area contributed by atoms with Crippen LogP contribution < -0.4 is 0 Å². The number of piperidine rings is 3. The fraction of sp³-hybridized carbons (Fsp3) is 0.800. The molecule has 3 saturated heterocycles. The Morgan fingerprint density at radius 1 is 0.278 bits per heavy atom. The van der Waals surface area contributed by atoms with E-state index in [1.54, 1.807) is 0 Å². The molecule has 0 saturated carbocycles. The van der Waals surface area contributed by atoms with Crippen LogP contribution in [0, 0.1) is 35.5 Å². The molecule has 21 nitrogen and oxygen atoms in total. The van der Waals surface area contributed by atoms with Crippen molar-refractivity contribution in [1.29, 1.82) is 0 Å². The molecule has 0 aliphatic carbocycles. The van der Waals surface area contributed by atoms with E-state index in [0.29, 0.717) is 89.7 Å². The Kier molecular flexibility index (Phi) is 71.7. The number of carbonyl (C=O) groups excluding carboxylic acids is 7. The summed E-state index contributed by atoms with van der Waals surface area (Å²) < 4.78 is 39.1. The molecule has 0 atom stereocenters. The normalized spacial score (nSPS) is 14.3. The van der Waals surface area contributed by atoms with Gasteiger partial charge in [-0.15, -0.1) is 0 Å². The number of carboxylic acids is 2. The lowest BCUT2D eigenvalue weighted by atomic mass is 9.94. The number of nitrogens with zero attached hydrogens (tertiary/aromatic N) is 3. The number of aliphatic carboxylic acids is 2. The molecule has 0 bridgehead atoms. The number of benzene rings is 2. The van der Waals surface area contributed by atoms with Gasteiger partial charge in [0.1, 0.15) is 13.2 Å². The molecule has 126 heavy (non-hydrogen) atoms. The van der Waals surface area contributed by atoms with E-state index in [9.17, 15) is 43.2 Å². The smallest absolute Gasteiger partial charge is 0.309 e. The summed E-state index contributed by atoms with van der Waals surface area (Å²) in [6.07, 6.45) is 59.8. The minimum absolute atomic E-state index is 0.000131. The molecule has 0 amide bonds. The van der Waals surface area contributed by atoms with Crippen molar-refractivity contribution in [2.75, 3.05) is 93.4 Å². The van der Waals surface area contributed by atoms with E-state index in [1.165, 1.54) is 51.4 Å². The number of carbonyl (C=O) groups is 9. The summed E-state index contributed by atoms with van der Waals surface area (Å²) in [6, 6.07) is 19.6. The largest absolute Gasteiger partial charge is 0.481 e. The average Bonchev–Trinajstić information content (AvgIpc) is 0.898. The van der Waals surface area contributed by atoms with Gasteiger partial charge in [0.25, 0.3) is 0 Å². The number of ether oxygens (including phenoxy) is 7. The van der Waals surface area contributed by atoms with E-state index in [2.05, 4.69) is 49.7 Å². The molecule has 3 aliphatic heterocycles. The Morgan fingerprint density at radius 2 is 0.492 bits per heavy atom. The fourth-order valence-electron chi connectivity index (χ4n) is 16.9. The molecule has 2 aromatic carbocycles. The van der Waals surface area contributed by atoms with Crippen LogP contribution in [0.1, 0.15) is 410 Å². The summed E-state index contributed by atoms with van der Waals surface area (Å²) in [6.45, 7) is 13.6. The lowest BCUT2D eigenvalue weighted by Crippen LogP contribution is -2.34. The standard InChI is InChI=1S/C41H77NO6.C39H57NO6.C25H45NO6/c1-4-6-8-10-18-24-34-46-39(43)28-22-16-12-14-20-26-37(36-48-41(45)38-30-32-42(3)33-31-38)27-21-15-13-17-23-29-40(44)47-35-25-19-11-9-7-5-2;1-40-28-26-36(27-29-40)39(43)46-32-35(18-10-4-2-6-16-24-37(41)44-30-33-20-12-8-13-21-33)19-11-5-3-7-17-25-38(42)45-31-34-22-14-9-15-23-34;1-26-18-16-22(17-19-26)25(31)32-20-21(12-8-4-2-6-10-14-23(27)28)13-9-5-3-7-11-15-24(29)30/h37-38H,4-36H2,1-3H3;8-9,12-15,20-23,35-36H,2-7,10-11,16-19,24-32H2,1H3;21-22H,2-20H2,1H3,(H,27,28)(H,29,30). The third-order valence-electron chi connectivity index (χ3n) is 25.5. The van der Waals surface area contributed by atoms with Crippen LogP contribution in [0.25, 0.3) is 0 Å². The number of hydrogen-bond donors (Lipinski definition) is 2. The van der Waals surface area contributed by atoms with Crippen molar-refractivity contribution < 1.29 is 86.5 Å². The maximum atomic E-state index is 12.8. The van der Waals surface area contributed by atoms with E-state index in [0.717, 1.165) is 346 Å². The predicted octanol–water partition coefficient (Wildman–Crippen LogP) is 24.3. The molecular weight excluding hydrogens is 1590 g/mol. The van der Waals surface area contributed by atoms with Crippen molar-refractivity contribution in [3.63, 3.8) is 0 Å². The van der Waals surface area contributed by atoms with Crippen LogP contribution >= 0.6 is 0 Å². The lowest BCUT2D eigenvalue weighted by molar-refractivity contribution is -0.152. The highest BCUT2D eigenvalue weighted by atomic mass is 16.6. The second kappa shape index (κ2) is 79.5. The topological polar surface area (TPSA) is 268 Å². The van der Waals surface area contributed by atoms with Crippen LogP contribution in [-0.2, 0) is 89.5 Å². The molecule has 3 fully saturated rings. The molecule has 2 aromatic rings. The summed E-state index contributed by atoms with van der Waals surface area (Å²) in [7, 11) is 6.30. The van der Waals surface area contributed by atoms with Gasteiger partial charge in [0, 0.05) is 38.5 Å². The second-order valence-corrected chi connectivity index (χ2v) is 37.1. The zero-order valence-electron chi connectivity index (χ0n) is 80.1. The number of unbranched alkanes of at least 4 members (excludes halogenated alkanes) is 34. The van der Waals surface area contributed by atoms with Gasteiger partial charge in [0.2, 0.25) is 0 Å². The zero-order chi connectivity index (χ0) is 91.2. The molecule has 5 rings (SSSR count). The Bertz CT molecular complexity index is 2870. The van der Waals surface area contributed by atoms with Crippen molar-refractivity contribution >= 4 is 53.7 Å². The zero-order valence-corrected chi connectivity index (χ0v) is 80.1. The van der Waals surface area contributed by atoms with Crippen molar-refractivity contribution in [3.8, 4) is 0 Å². The summed E-state index contributed by atoms with van der Waals surface area (Å²) >= 11 is 0. The maximum absolute atomic E-state index is 12.8. The van der Waals surface area contributed by atoms with Gasteiger partial charge in [0.15, 0.2) is 0 Å². The monoisotopic (exact) mass is 1770 g/mol. The van der Waals surface area contributed by atoms with Gasteiger partial charge in [-0.3, -0.25) is 43.2 Å². The highest BCUT2D eigenvalue weighted by Crippen LogP contribution is 2.28. The molecule has 722 valence electrons. The van der Waals surface area contributed by atoms with E-state index in [-0.39, 0.29) is 72.4 Å². The number of rotatable bonds is 75. The first-order valence-corrected chi connectivity index (χ1v) is 51.0. The van der Waals surface area contributed by atoms with Crippen molar-refractivity contribution in [3.05, 3.63) is 71.8 Å². The Labute approximate surface area is 764 Å². The van der Waals surface area contributed by atoms with Gasteiger partial charge in [-0.2, -0.15) is 0 Å². The second-order valence-electron chi connectivity index (χ2n) is 37.1. The first-order chi connectivity index (χ1) is 61.3. The summed E-state index contributed by atoms with van der Waals surface area (Å²) in [4.78, 5) is 114. The Morgan fingerprint density at radius 3 is 0.738 bits per heavy atom. The highest BCUT2D eigenvalue weighted by molar-refractivity contribution is 5.74. The van der Waals surface area contributed by atoms with E-state index in [4.69, 9.17) is 43.4 Å². The number of carboxylic acid groups (broad SMARTS) is 2. The molecule has 3 heterocycles. The Balaban J connectivity index is 0.000000498. The van der Waals surface area contributed by atoms with Gasteiger partial charge < -0.3 is 58.1 Å². The third kappa shape index (κ3) is 66.9. The van der Waals surface area contributed by atoms with Crippen molar-refractivity contribution in [2.24, 2.45) is 35.5 Å². The molecule has 0 aromatic heterocycles.